The number of benzene rings is 1. The maximum absolute atomic E-state index is 11.3. The minimum absolute atomic E-state index is 0.498. The summed E-state index contributed by atoms with van der Waals surface area (Å²) < 4.78 is 5.29. The normalized spacial score (nSPS) is 16.5. The molecule has 19 heavy (non-hydrogen) atoms. The summed E-state index contributed by atoms with van der Waals surface area (Å²) >= 11 is 0. The third-order valence-corrected chi connectivity index (χ3v) is 4.06. The highest BCUT2D eigenvalue weighted by Gasteiger charge is 2.44. The monoisotopic (exact) mass is 263 g/mol. The zero-order valence-corrected chi connectivity index (χ0v) is 11.5. The fourth-order valence-electron chi connectivity index (χ4n) is 2.51. The summed E-state index contributed by atoms with van der Waals surface area (Å²) in [4.78, 5) is 11.3. The molecule has 1 fully saturated rings. The zero-order valence-electron chi connectivity index (χ0n) is 11.5. The first-order chi connectivity index (χ1) is 9.11. The van der Waals surface area contributed by atoms with Gasteiger partial charge in [-0.15, -0.1) is 0 Å². The van der Waals surface area contributed by atoms with Crippen LogP contribution in [0.2, 0.25) is 0 Å². The molecule has 0 heterocycles. The maximum Gasteiger partial charge on any atom is 0.311 e. The molecular weight excluding hydrogens is 242 g/mol. The van der Waals surface area contributed by atoms with Crippen LogP contribution in [0.1, 0.15) is 31.7 Å². The molecule has 0 aliphatic heterocycles. The highest BCUT2D eigenvalue weighted by molar-refractivity contribution is 5.76. The Morgan fingerprint density at radius 3 is 2.68 bits per heavy atom. The van der Waals surface area contributed by atoms with E-state index in [-0.39, 0.29) is 0 Å². The summed E-state index contributed by atoms with van der Waals surface area (Å²) in [6.45, 7) is 2.57. The molecule has 0 unspecified atom stereocenters. The molecule has 1 aliphatic rings. The molecule has 0 spiro atoms. The van der Waals surface area contributed by atoms with Crippen LogP contribution in [0.4, 0.5) is 5.69 Å². The highest BCUT2D eigenvalue weighted by atomic mass is 16.5. The molecule has 2 rings (SSSR count). The molecule has 0 aromatic heterocycles. The first kappa shape index (κ1) is 13.7. The molecule has 1 aliphatic carbocycles. The van der Waals surface area contributed by atoms with Gasteiger partial charge in [-0.1, -0.05) is 13.3 Å². The summed E-state index contributed by atoms with van der Waals surface area (Å²) in [6.07, 6.45) is 3.44. The first-order valence-electron chi connectivity index (χ1n) is 6.75. The Hall–Kier alpha value is -1.71. The van der Waals surface area contributed by atoms with Crippen LogP contribution in [0.25, 0.3) is 0 Å². The Bertz CT molecular complexity index is 466. The number of hydrogen-bond acceptors (Lipinski definition) is 3. The summed E-state index contributed by atoms with van der Waals surface area (Å²) in [5.41, 5.74) is 1.53. The lowest BCUT2D eigenvalue weighted by molar-refractivity contribution is -0.153. The highest BCUT2D eigenvalue weighted by Crippen LogP contribution is 2.41. The topological polar surface area (TPSA) is 58.6 Å². The summed E-state index contributed by atoms with van der Waals surface area (Å²) in [5, 5.41) is 12.5. The predicted octanol–water partition coefficient (Wildman–Crippen LogP) is 2.92. The number of carbonyl (C=O) groups is 1. The number of nitrogens with one attached hydrogen (secondary N) is 1. The van der Waals surface area contributed by atoms with Crippen LogP contribution in [0, 0.1) is 5.41 Å². The van der Waals surface area contributed by atoms with Crippen molar-refractivity contribution in [1.82, 2.24) is 0 Å². The van der Waals surface area contributed by atoms with Gasteiger partial charge in [0, 0.05) is 12.2 Å². The van der Waals surface area contributed by atoms with Gasteiger partial charge in [-0.05, 0) is 43.0 Å². The molecule has 2 N–H and O–H groups in total. The number of ether oxygens (including phenoxy) is 1. The van der Waals surface area contributed by atoms with Gasteiger partial charge in [0.2, 0.25) is 0 Å². The Kier molecular flexibility index (Phi) is 3.98. The minimum Gasteiger partial charge on any atom is -0.496 e. The van der Waals surface area contributed by atoms with E-state index in [0.29, 0.717) is 6.54 Å². The summed E-state index contributed by atoms with van der Waals surface area (Å²) in [7, 11) is 1.66. The molecule has 0 saturated heterocycles. The third-order valence-electron chi connectivity index (χ3n) is 4.06. The van der Waals surface area contributed by atoms with Crippen LogP contribution in [-0.4, -0.2) is 24.7 Å². The van der Waals surface area contributed by atoms with Crippen LogP contribution in [0.5, 0.6) is 5.75 Å². The minimum atomic E-state index is -0.685. The number of aliphatic carboxylic acids is 1. The van der Waals surface area contributed by atoms with Gasteiger partial charge in [0.05, 0.1) is 12.5 Å². The van der Waals surface area contributed by atoms with Crippen molar-refractivity contribution in [2.45, 2.75) is 32.6 Å². The lowest BCUT2D eigenvalue weighted by atomic mass is 9.69. The number of methoxy groups -OCH3 is 1. The molecule has 1 saturated carbocycles. The Labute approximate surface area is 113 Å². The average molecular weight is 263 g/mol. The SMILES string of the molecule is CCc1cc(NCC2(C(=O)O)CCC2)ccc1OC. The van der Waals surface area contributed by atoms with Gasteiger partial charge < -0.3 is 15.2 Å². The number of hydrogen-bond donors (Lipinski definition) is 2. The van der Waals surface area contributed by atoms with Crippen molar-refractivity contribution in [3.05, 3.63) is 23.8 Å². The van der Waals surface area contributed by atoms with Gasteiger partial charge in [0.25, 0.3) is 0 Å². The van der Waals surface area contributed by atoms with Crippen molar-refractivity contribution < 1.29 is 14.6 Å². The van der Waals surface area contributed by atoms with E-state index in [4.69, 9.17) is 4.74 Å². The van der Waals surface area contributed by atoms with Gasteiger partial charge in [-0.2, -0.15) is 0 Å². The number of anilines is 1. The summed E-state index contributed by atoms with van der Waals surface area (Å²) in [6, 6.07) is 5.90. The fourth-order valence-corrected chi connectivity index (χ4v) is 2.51. The molecular formula is C15H21NO3. The van der Waals surface area contributed by atoms with Crippen molar-refractivity contribution >= 4 is 11.7 Å². The first-order valence-corrected chi connectivity index (χ1v) is 6.75. The van der Waals surface area contributed by atoms with Crippen LogP contribution in [0.15, 0.2) is 18.2 Å². The Morgan fingerprint density at radius 1 is 1.47 bits per heavy atom. The predicted molar refractivity (Wildman–Crippen MR) is 74.8 cm³/mol. The van der Waals surface area contributed by atoms with Crippen LogP contribution < -0.4 is 10.1 Å². The number of aryl methyl sites for hydroxylation is 1. The molecule has 4 heteroatoms. The van der Waals surface area contributed by atoms with Gasteiger partial charge in [-0.25, -0.2) is 0 Å². The van der Waals surface area contributed by atoms with Crippen molar-refractivity contribution in [1.29, 1.82) is 0 Å². The Balaban J connectivity index is 2.05. The maximum atomic E-state index is 11.3. The number of rotatable bonds is 6. The van der Waals surface area contributed by atoms with Gasteiger partial charge in [0.15, 0.2) is 0 Å². The van der Waals surface area contributed by atoms with Crippen LogP contribution >= 0.6 is 0 Å². The van der Waals surface area contributed by atoms with E-state index in [2.05, 4.69) is 12.2 Å². The summed E-state index contributed by atoms with van der Waals surface area (Å²) in [5.74, 6) is 0.195. The van der Waals surface area contributed by atoms with Gasteiger partial charge in [-0.3, -0.25) is 4.79 Å². The standard InChI is InChI=1S/C15H21NO3/c1-3-11-9-12(5-6-13(11)19-2)16-10-15(14(17)18)7-4-8-15/h5-6,9,16H,3-4,7-8,10H2,1-2H3,(H,17,18). The second-order valence-corrected chi connectivity index (χ2v) is 5.17. The van der Waals surface area contributed by atoms with E-state index in [1.807, 2.05) is 18.2 Å². The van der Waals surface area contributed by atoms with Crippen molar-refractivity contribution in [3.8, 4) is 5.75 Å². The zero-order chi connectivity index (χ0) is 13.9. The van der Waals surface area contributed by atoms with E-state index in [9.17, 15) is 9.90 Å². The largest absolute Gasteiger partial charge is 0.496 e. The lowest BCUT2D eigenvalue weighted by Crippen LogP contribution is -2.43. The molecule has 0 amide bonds. The van der Waals surface area contributed by atoms with E-state index >= 15 is 0 Å². The molecule has 0 atom stereocenters. The second-order valence-electron chi connectivity index (χ2n) is 5.17. The van der Waals surface area contributed by atoms with E-state index in [1.54, 1.807) is 7.11 Å². The Morgan fingerprint density at radius 2 is 2.21 bits per heavy atom. The van der Waals surface area contributed by atoms with Crippen molar-refractivity contribution in [2.75, 3.05) is 19.0 Å². The number of carboxylic acid groups (broad SMARTS) is 1. The molecule has 0 bridgehead atoms. The quantitative estimate of drug-likeness (QED) is 0.828. The van der Waals surface area contributed by atoms with Crippen molar-refractivity contribution in [3.63, 3.8) is 0 Å². The van der Waals surface area contributed by atoms with Gasteiger partial charge in [0.1, 0.15) is 5.75 Å². The molecule has 104 valence electrons. The van der Waals surface area contributed by atoms with Crippen molar-refractivity contribution in [2.24, 2.45) is 5.41 Å². The second kappa shape index (κ2) is 5.51. The molecule has 4 nitrogen and oxygen atoms in total. The third kappa shape index (κ3) is 2.67. The number of carboxylic acids is 1. The van der Waals surface area contributed by atoms with Crippen LogP contribution in [0.3, 0.4) is 0 Å². The van der Waals surface area contributed by atoms with E-state index in [1.165, 1.54) is 0 Å². The molecule has 0 radical (unpaired) electrons. The fraction of sp³-hybridized carbons (Fsp3) is 0.533. The lowest BCUT2D eigenvalue weighted by Gasteiger charge is -2.37. The van der Waals surface area contributed by atoms with E-state index < -0.39 is 11.4 Å². The van der Waals surface area contributed by atoms with E-state index in [0.717, 1.165) is 42.7 Å². The van der Waals surface area contributed by atoms with Crippen LogP contribution in [-0.2, 0) is 11.2 Å². The van der Waals surface area contributed by atoms with Gasteiger partial charge >= 0.3 is 5.97 Å². The molecule has 1 aromatic carbocycles. The smallest absolute Gasteiger partial charge is 0.311 e. The average Bonchev–Trinajstić information content (AvgIpc) is 2.36. The molecule has 1 aromatic rings.